The van der Waals surface area contributed by atoms with Gasteiger partial charge in [-0.1, -0.05) is 64.1 Å². The van der Waals surface area contributed by atoms with Gasteiger partial charge in [-0.15, -0.1) is 0 Å². The minimum atomic E-state index is -0.109. The van der Waals surface area contributed by atoms with Gasteiger partial charge in [0.25, 0.3) is 5.56 Å². The van der Waals surface area contributed by atoms with Gasteiger partial charge < -0.3 is 0 Å². The number of nitrogens with one attached hydrogen (secondary N) is 1. The quantitative estimate of drug-likeness (QED) is 0.915. The standard InChI is InChI=1S/C8H12N2O2.C6H6.2C2H6/c1-5(11)4-7-6(2)9-10(3)8(7)12;1-2-4-6-5-3-1;2*1-2/h9H,4H2,1-3H3;1-6H;2*1-2H3. The van der Waals surface area contributed by atoms with E-state index < -0.39 is 0 Å². The zero-order valence-electron chi connectivity index (χ0n) is 14.9. The van der Waals surface area contributed by atoms with Crippen molar-refractivity contribution in [1.82, 2.24) is 9.78 Å². The number of ketones is 1. The Balaban J connectivity index is 0. The number of hydrogen-bond donors (Lipinski definition) is 1. The van der Waals surface area contributed by atoms with E-state index >= 15 is 0 Å². The van der Waals surface area contributed by atoms with Crippen LogP contribution in [-0.2, 0) is 18.3 Å². The van der Waals surface area contributed by atoms with E-state index in [0.717, 1.165) is 5.69 Å². The van der Waals surface area contributed by atoms with Crippen molar-refractivity contribution < 1.29 is 4.79 Å². The Labute approximate surface area is 134 Å². The van der Waals surface area contributed by atoms with Gasteiger partial charge >= 0.3 is 0 Å². The van der Waals surface area contributed by atoms with E-state index in [1.807, 2.05) is 64.1 Å². The van der Waals surface area contributed by atoms with Crippen molar-refractivity contribution in [2.75, 3.05) is 0 Å². The smallest absolute Gasteiger partial charge is 0.270 e. The number of benzene rings is 1. The van der Waals surface area contributed by atoms with Gasteiger partial charge in [-0.05, 0) is 13.8 Å². The van der Waals surface area contributed by atoms with Crippen LogP contribution in [-0.4, -0.2) is 15.6 Å². The lowest BCUT2D eigenvalue weighted by molar-refractivity contribution is -0.116. The Morgan fingerprint density at radius 3 is 1.59 bits per heavy atom. The summed E-state index contributed by atoms with van der Waals surface area (Å²) in [5.41, 5.74) is 1.24. The van der Waals surface area contributed by atoms with Gasteiger partial charge in [0.15, 0.2) is 0 Å². The van der Waals surface area contributed by atoms with Crippen molar-refractivity contribution >= 4 is 5.78 Å². The molecule has 124 valence electrons. The second kappa shape index (κ2) is 13.9. The predicted octanol–water partition coefficient (Wildman–Crippen LogP) is 3.89. The van der Waals surface area contributed by atoms with E-state index in [2.05, 4.69) is 5.10 Å². The van der Waals surface area contributed by atoms with E-state index in [1.165, 1.54) is 11.6 Å². The molecule has 0 aliphatic carbocycles. The maximum absolute atomic E-state index is 11.3. The number of Topliss-reactive ketones (excluding diaryl/α,β-unsaturated/α-hetero) is 1. The summed E-state index contributed by atoms with van der Waals surface area (Å²) in [6.45, 7) is 11.3. The third kappa shape index (κ3) is 8.95. The lowest BCUT2D eigenvalue weighted by Gasteiger charge is -1.90. The van der Waals surface area contributed by atoms with Crippen molar-refractivity contribution in [3.63, 3.8) is 0 Å². The number of aromatic nitrogens is 2. The molecule has 0 unspecified atom stereocenters. The van der Waals surface area contributed by atoms with Gasteiger partial charge in [-0.2, -0.15) is 0 Å². The van der Waals surface area contributed by atoms with Gasteiger partial charge in [0.05, 0.1) is 0 Å². The molecule has 1 N–H and O–H groups in total. The van der Waals surface area contributed by atoms with E-state index in [9.17, 15) is 9.59 Å². The maximum atomic E-state index is 11.3. The number of H-pyrrole nitrogens is 1. The van der Waals surface area contributed by atoms with Crippen LogP contribution in [0, 0.1) is 6.92 Å². The molecule has 0 fully saturated rings. The molecule has 22 heavy (non-hydrogen) atoms. The van der Waals surface area contributed by atoms with Crippen molar-refractivity contribution in [1.29, 1.82) is 0 Å². The minimum absolute atomic E-state index is 0.00907. The SMILES string of the molecule is CC.CC.CC(=O)Cc1c(C)[nH]n(C)c1=O.c1ccccc1. The second-order valence-electron chi connectivity index (χ2n) is 4.11. The molecule has 1 heterocycles. The zero-order valence-corrected chi connectivity index (χ0v) is 14.9. The fourth-order valence-electron chi connectivity index (χ4n) is 1.57. The first kappa shape index (κ1) is 22.2. The average Bonchev–Trinajstić information content (AvgIpc) is 2.79. The minimum Gasteiger partial charge on any atom is -0.300 e. The summed E-state index contributed by atoms with van der Waals surface area (Å²) < 4.78 is 1.38. The second-order valence-corrected chi connectivity index (χ2v) is 4.11. The Hall–Kier alpha value is -2.10. The van der Waals surface area contributed by atoms with Crippen molar-refractivity contribution in [3.05, 3.63) is 58.0 Å². The molecular weight excluding hydrogens is 276 g/mol. The number of rotatable bonds is 2. The number of hydrogen-bond acceptors (Lipinski definition) is 2. The average molecular weight is 306 g/mol. The molecule has 0 atom stereocenters. The molecule has 0 aliphatic rings. The first-order valence-electron chi connectivity index (χ1n) is 7.76. The van der Waals surface area contributed by atoms with Gasteiger partial charge in [-0.25, -0.2) is 0 Å². The molecule has 2 rings (SSSR count). The molecule has 0 bridgehead atoms. The normalized spacial score (nSPS) is 8.32. The van der Waals surface area contributed by atoms with Gasteiger partial charge in [0.1, 0.15) is 5.78 Å². The number of carbonyl (C=O) groups is 1. The summed E-state index contributed by atoms with van der Waals surface area (Å²) in [4.78, 5) is 22.1. The third-order valence-electron chi connectivity index (χ3n) is 2.44. The molecule has 0 radical (unpaired) electrons. The molecule has 0 aliphatic heterocycles. The van der Waals surface area contributed by atoms with Crippen LogP contribution in [0.5, 0.6) is 0 Å². The summed E-state index contributed by atoms with van der Waals surface area (Å²) in [5.74, 6) is 0.00907. The highest BCUT2D eigenvalue weighted by atomic mass is 16.1. The largest absolute Gasteiger partial charge is 0.300 e. The first-order chi connectivity index (χ1) is 10.5. The van der Waals surface area contributed by atoms with Gasteiger partial charge in [-0.3, -0.25) is 19.4 Å². The van der Waals surface area contributed by atoms with Crippen molar-refractivity contribution in [2.45, 2.75) is 48.0 Å². The number of aromatic amines is 1. The van der Waals surface area contributed by atoms with Crippen LogP contribution in [0.25, 0.3) is 0 Å². The molecule has 0 spiro atoms. The highest BCUT2D eigenvalue weighted by molar-refractivity contribution is 5.78. The summed E-state index contributed by atoms with van der Waals surface area (Å²) in [6.07, 6.45) is 0.224. The number of nitrogens with zero attached hydrogens (tertiary/aromatic N) is 1. The third-order valence-corrected chi connectivity index (χ3v) is 2.44. The first-order valence-corrected chi connectivity index (χ1v) is 7.76. The van der Waals surface area contributed by atoms with Crippen LogP contribution < -0.4 is 5.56 Å². The van der Waals surface area contributed by atoms with Crippen LogP contribution in [0.2, 0.25) is 0 Å². The molecule has 0 saturated carbocycles. The maximum Gasteiger partial charge on any atom is 0.270 e. The highest BCUT2D eigenvalue weighted by Crippen LogP contribution is 1.99. The summed E-state index contributed by atoms with van der Waals surface area (Å²) in [7, 11) is 1.64. The molecule has 0 amide bonds. The Morgan fingerprint density at radius 2 is 1.36 bits per heavy atom. The molecule has 0 saturated heterocycles. The van der Waals surface area contributed by atoms with E-state index in [0.29, 0.717) is 5.56 Å². The van der Waals surface area contributed by atoms with Crippen LogP contribution >= 0.6 is 0 Å². The summed E-state index contributed by atoms with van der Waals surface area (Å²) >= 11 is 0. The molecule has 4 heteroatoms. The number of carbonyl (C=O) groups excluding carboxylic acids is 1. The summed E-state index contributed by atoms with van der Waals surface area (Å²) in [6, 6.07) is 12.0. The Kier molecular flexibility index (Phi) is 14.0. The molecule has 4 nitrogen and oxygen atoms in total. The van der Waals surface area contributed by atoms with Crippen LogP contribution in [0.3, 0.4) is 0 Å². The Morgan fingerprint density at radius 1 is 1.00 bits per heavy atom. The van der Waals surface area contributed by atoms with Crippen molar-refractivity contribution in [3.8, 4) is 0 Å². The van der Waals surface area contributed by atoms with Gasteiger partial charge in [0, 0.05) is 24.7 Å². The van der Waals surface area contributed by atoms with Crippen LogP contribution in [0.15, 0.2) is 41.2 Å². The molecular formula is C18H30N2O2. The fourth-order valence-corrected chi connectivity index (χ4v) is 1.57. The number of aryl methyl sites for hydroxylation is 2. The van der Waals surface area contributed by atoms with E-state index in [-0.39, 0.29) is 17.8 Å². The predicted molar refractivity (Wildman–Crippen MR) is 94.3 cm³/mol. The fraction of sp³-hybridized carbons (Fsp3) is 0.444. The van der Waals surface area contributed by atoms with Crippen LogP contribution in [0.1, 0.15) is 45.9 Å². The van der Waals surface area contributed by atoms with Crippen LogP contribution in [0.4, 0.5) is 0 Å². The zero-order chi connectivity index (χ0) is 17.5. The van der Waals surface area contributed by atoms with E-state index in [4.69, 9.17) is 0 Å². The molecule has 1 aromatic heterocycles. The Bertz CT molecular complexity index is 528. The lowest BCUT2D eigenvalue weighted by atomic mass is 10.1. The molecule has 2 aromatic rings. The van der Waals surface area contributed by atoms with Crippen molar-refractivity contribution in [2.24, 2.45) is 7.05 Å². The topological polar surface area (TPSA) is 54.9 Å². The molecule has 1 aromatic carbocycles. The van der Waals surface area contributed by atoms with E-state index in [1.54, 1.807) is 14.0 Å². The highest BCUT2D eigenvalue weighted by Gasteiger charge is 2.09. The van der Waals surface area contributed by atoms with Gasteiger partial charge in [0.2, 0.25) is 0 Å². The monoisotopic (exact) mass is 306 g/mol. The lowest BCUT2D eigenvalue weighted by Crippen LogP contribution is -2.16. The summed E-state index contributed by atoms with van der Waals surface area (Å²) in [5, 5.41) is 2.83.